The van der Waals surface area contributed by atoms with E-state index < -0.39 is 72.8 Å². The van der Waals surface area contributed by atoms with Crippen LogP contribution < -0.4 is 21.3 Å². The Kier molecular flexibility index (Phi) is 14.3. The molecule has 2 aliphatic rings. The first-order valence-corrected chi connectivity index (χ1v) is 18.0. The maximum absolute atomic E-state index is 13.9. The molecule has 2 aliphatic heterocycles. The standard InChI is InChI=1S/C38H48N6O12/c1-37(2)53-21-25(55-37)15-39-31-29(33(47)41-27(17-45)35(49)51-19-23-11-7-5-8-12-23)44-32(40-16-26-22-54-38(3,4)56-26)30(43-31)34(48)42-28(18-46)36(50)52-20-24-13-9-6-10-14-24/h5-14,25-28,45-46H,15-22H2,1-4H3,(H,39,43)(H,40,44)(H,41,47)(H,42,48)/t25-,26-,27+,28+/m0/s1. The Morgan fingerprint density at radius 3 is 1.38 bits per heavy atom. The van der Waals surface area contributed by atoms with Gasteiger partial charge in [-0.15, -0.1) is 0 Å². The summed E-state index contributed by atoms with van der Waals surface area (Å²) in [4.78, 5) is 62.6. The second-order valence-corrected chi connectivity index (χ2v) is 13.9. The molecule has 0 saturated carbocycles. The van der Waals surface area contributed by atoms with Crippen LogP contribution in [0.4, 0.5) is 11.6 Å². The number of nitrogens with zero attached hydrogens (tertiary/aromatic N) is 2. The number of carbonyl (C=O) groups excluding carboxylic acids is 4. The van der Waals surface area contributed by atoms with Gasteiger partial charge in [-0.05, 0) is 38.8 Å². The van der Waals surface area contributed by atoms with Crippen molar-refractivity contribution in [3.05, 3.63) is 83.2 Å². The minimum Gasteiger partial charge on any atom is -0.459 e. The largest absolute Gasteiger partial charge is 0.459 e. The predicted molar refractivity (Wildman–Crippen MR) is 198 cm³/mol. The Bertz CT molecular complexity index is 1680. The van der Waals surface area contributed by atoms with Crippen LogP contribution in [-0.2, 0) is 51.2 Å². The van der Waals surface area contributed by atoms with Gasteiger partial charge in [-0.3, -0.25) is 9.59 Å². The van der Waals surface area contributed by atoms with E-state index in [9.17, 15) is 29.4 Å². The average molecular weight is 781 g/mol. The lowest BCUT2D eigenvalue weighted by molar-refractivity contribution is -0.149. The number of rotatable bonds is 18. The fourth-order valence-electron chi connectivity index (χ4n) is 5.62. The van der Waals surface area contributed by atoms with Crippen molar-refractivity contribution in [2.75, 3.05) is 50.2 Å². The van der Waals surface area contributed by atoms with Gasteiger partial charge in [-0.25, -0.2) is 19.6 Å². The van der Waals surface area contributed by atoms with Gasteiger partial charge in [-0.1, -0.05) is 60.7 Å². The van der Waals surface area contributed by atoms with E-state index in [0.29, 0.717) is 11.1 Å². The number of aliphatic hydroxyl groups excluding tert-OH is 2. The SMILES string of the molecule is CC1(C)OC[C@H](CNc2nc(C(=O)N[C@H](CO)C(=O)OCc3ccccc3)c(NC[C@H]3COC(C)(C)O3)nc2C(=O)N[C@H](CO)C(=O)OCc2ccccc2)O1. The van der Waals surface area contributed by atoms with Crippen LogP contribution in [0.25, 0.3) is 0 Å². The molecule has 2 saturated heterocycles. The highest BCUT2D eigenvalue weighted by molar-refractivity contribution is 6.03. The van der Waals surface area contributed by atoms with Gasteiger partial charge in [0.25, 0.3) is 11.8 Å². The van der Waals surface area contributed by atoms with E-state index in [1.54, 1.807) is 88.4 Å². The Hall–Kier alpha value is -5.24. The molecular formula is C38H48N6O12. The summed E-state index contributed by atoms with van der Waals surface area (Å²) < 4.78 is 33.7. The topological polar surface area (TPSA) is 238 Å². The molecule has 3 aromatic rings. The Balaban J connectivity index is 1.42. The molecule has 2 aromatic carbocycles. The van der Waals surface area contributed by atoms with Crippen molar-refractivity contribution in [2.24, 2.45) is 0 Å². The molecule has 6 N–H and O–H groups in total. The van der Waals surface area contributed by atoms with E-state index in [-0.39, 0.29) is 62.5 Å². The molecule has 3 heterocycles. The lowest BCUT2D eigenvalue weighted by Gasteiger charge is -2.21. The third kappa shape index (κ3) is 11.9. The molecule has 2 fully saturated rings. The quantitative estimate of drug-likeness (QED) is 0.0997. The molecule has 0 unspecified atom stereocenters. The normalized spacial score (nSPS) is 19.3. The highest BCUT2D eigenvalue weighted by Crippen LogP contribution is 2.26. The maximum Gasteiger partial charge on any atom is 0.331 e. The van der Waals surface area contributed by atoms with Crippen molar-refractivity contribution in [1.82, 2.24) is 20.6 Å². The Morgan fingerprint density at radius 2 is 1.05 bits per heavy atom. The zero-order valence-corrected chi connectivity index (χ0v) is 31.6. The molecular weight excluding hydrogens is 732 g/mol. The second-order valence-electron chi connectivity index (χ2n) is 13.9. The fourth-order valence-corrected chi connectivity index (χ4v) is 5.62. The zero-order chi connectivity index (χ0) is 40.3. The van der Waals surface area contributed by atoms with Gasteiger partial charge in [0.05, 0.1) is 26.4 Å². The van der Waals surface area contributed by atoms with Crippen molar-refractivity contribution in [1.29, 1.82) is 0 Å². The summed E-state index contributed by atoms with van der Waals surface area (Å²) in [6, 6.07) is 14.7. The van der Waals surface area contributed by atoms with Crippen LogP contribution in [-0.4, -0.2) is 119 Å². The van der Waals surface area contributed by atoms with Crippen molar-refractivity contribution in [2.45, 2.75) is 76.8 Å². The first-order chi connectivity index (χ1) is 26.8. The fraction of sp³-hybridized carbons (Fsp3) is 0.474. The minimum absolute atomic E-state index is 0.0438. The van der Waals surface area contributed by atoms with Gasteiger partial charge in [0, 0.05) is 13.1 Å². The first kappa shape index (κ1) is 41.9. The Labute approximate surface area is 323 Å². The van der Waals surface area contributed by atoms with Crippen molar-refractivity contribution in [3.63, 3.8) is 0 Å². The summed E-state index contributed by atoms with van der Waals surface area (Å²) in [7, 11) is 0. The first-order valence-electron chi connectivity index (χ1n) is 18.0. The molecule has 0 aliphatic carbocycles. The van der Waals surface area contributed by atoms with Gasteiger partial charge in [-0.2, -0.15) is 0 Å². The lowest BCUT2D eigenvalue weighted by atomic mass is 10.2. The predicted octanol–water partition coefficient (Wildman–Crippen LogP) is 1.27. The maximum atomic E-state index is 13.9. The van der Waals surface area contributed by atoms with E-state index in [4.69, 9.17) is 28.4 Å². The van der Waals surface area contributed by atoms with Gasteiger partial charge in [0.1, 0.15) is 25.4 Å². The number of esters is 2. The molecule has 18 heteroatoms. The molecule has 1 aromatic heterocycles. The molecule has 0 radical (unpaired) electrons. The minimum atomic E-state index is -1.49. The van der Waals surface area contributed by atoms with Gasteiger partial charge >= 0.3 is 11.9 Å². The van der Waals surface area contributed by atoms with Crippen LogP contribution in [0.2, 0.25) is 0 Å². The van der Waals surface area contributed by atoms with Gasteiger partial charge in [0.15, 0.2) is 46.7 Å². The number of amides is 2. The number of hydrogen-bond acceptors (Lipinski definition) is 16. The van der Waals surface area contributed by atoms with Crippen LogP contribution in [0.1, 0.15) is 59.8 Å². The number of nitrogens with one attached hydrogen (secondary N) is 4. The second kappa shape index (κ2) is 19.1. The van der Waals surface area contributed by atoms with E-state index in [0.717, 1.165) is 0 Å². The summed E-state index contributed by atoms with van der Waals surface area (Å²) in [5.41, 5.74) is 0.642. The molecule has 2 amide bonds. The summed E-state index contributed by atoms with van der Waals surface area (Å²) in [5, 5.41) is 31.0. The number of carbonyl (C=O) groups is 4. The molecule has 0 bridgehead atoms. The summed E-state index contributed by atoms with van der Waals surface area (Å²) in [5.74, 6) is -5.89. The monoisotopic (exact) mass is 780 g/mol. The van der Waals surface area contributed by atoms with E-state index >= 15 is 0 Å². The number of anilines is 2. The molecule has 4 atom stereocenters. The van der Waals surface area contributed by atoms with Gasteiger partial charge < -0.3 is 59.9 Å². The van der Waals surface area contributed by atoms with Crippen LogP contribution in [0.5, 0.6) is 0 Å². The third-order valence-corrected chi connectivity index (χ3v) is 8.45. The molecule has 56 heavy (non-hydrogen) atoms. The number of aromatic nitrogens is 2. The summed E-state index contributed by atoms with van der Waals surface area (Å²) in [6.07, 6.45) is -1.01. The van der Waals surface area contributed by atoms with Crippen LogP contribution in [0, 0.1) is 0 Å². The lowest BCUT2D eigenvalue weighted by Crippen LogP contribution is -2.46. The van der Waals surface area contributed by atoms with E-state index in [2.05, 4.69) is 31.2 Å². The van der Waals surface area contributed by atoms with Crippen LogP contribution in [0.15, 0.2) is 60.7 Å². The average Bonchev–Trinajstić information content (AvgIpc) is 3.74. The summed E-state index contributed by atoms with van der Waals surface area (Å²) >= 11 is 0. The number of ether oxygens (including phenoxy) is 6. The number of aliphatic hydroxyl groups is 2. The molecule has 302 valence electrons. The molecule has 5 rings (SSSR count). The molecule has 18 nitrogen and oxygen atoms in total. The van der Waals surface area contributed by atoms with Crippen LogP contribution >= 0.6 is 0 Å². The van der Waals surface area contributed by atoms with E-state index in [1.165, 1.54) is 0 Å². The van der Waals surface area contributed by atoms with Crippen molar-refractivity contribution >= 4 is 35.4 Å². The smallest absolute Gasteiger partial charge is 0.331 e. The Morgan fingerprint density at radius 1 is 0.679 bits per heavy atom. The molecule has 0 spiro atoms. The van der Waals surface area contributed by atoms with Crippen LogP contribution in [0.3, 0.4) is 0 Å². The number of benzene rings is 2. The van der Waals surface area contributed by atoms with Crippen molar-refractivity contribution in [3.8, 4) is 0 Å². The highest BCUT2D eigenvalue weighted by atomic mass is 16.7. The highest BCUT2D eigenvalue weighted by Gasteiger charge is 2.36. The van der Waals surface area contributed by atoms with Gasteiger partial charge in [0.2, 0.25) is 0 Å². The zero-order valence-electron chi connectivity index (χ0n) is 31.6. The number of hydrogen-bond donors (Lipinski definition) is 6. The van der Waals surface area contributed by atoms with Crippen molar-refractivity contribution < 1.29 is 57.8 Å². The summed E-state index contributed by atoms with van der Waals surface area (Å²) in [6.45, 7) is 5.63. The van der Waals surface area contributed by atoms with E-state index in [1.807, 2.05) is 0 Å². The third-order valence-electron chi connectivity index (χ3n) is 8.45.